The molecular weight excluding hydrogens is 235 g/mol. The number of hydrogen-bond acceptors (Lipinski definition) is 4. The van der Waals surface area contributed by atoms with E-state index in [0.717, 1.165) is 12.8 Å². The van der Waals surface area contributed by atoms with Crippen LogP contribution in [0.3, 0.4) is 0 Å². The van der Waals surface area contributed by atoms with Crippen LogP contribution < -0.4 is 11.3 Å². The van der Waals surface area contributed by atoms with Crippen molar-refractivity contribution in [3.05, 3.63) is 23.6 Å². The predicted molar refractivity (Wildman–Crippen MR) is 66.3 cm³/mol. The number of nitrogen functional groups attached to an aromatic ring is 1. The van der Waals surface area contributed by atoms with Crippen LogP contribution in [0, 0.1) is 11.7 Å². The normalized spacial score (nSPS) is 15.1. The quantitative estimate of drug-likeness (QED) is 0.627. The lowest BCUT2D eigenvalue weighted by Gasteiger charge is -2.30. The van der Waals surface area contributed by atoms with Crippen molar-refractivity contribution in [1.82, 2.24) is 9.88 Å². The van der Waals surface area contributed by atoms with Crippen molar-refractivity contribution in [3.63, 3.8) is 0 Å². The number of carbonyl (C=O) groups excluding carboxylic acids is 1. The molecule has 1 fully saturated rings. The average Bonchev–Trinajstić information content (AvgIpc) is 2.33. The number of pyridine rings is 1. The van der Waals surface area contributed by atoms with Crippen LogP contribution >= 0.6 is 0 Å². The molecule has 0 aliphatic heterocycles. The molecule has 1 aromatic rings. The summed E-state index contributed by atoms with van der Waals surface area (Å²) in [6, 6.07) is 1.37. The smallest absolute Gasteiger partial charge is 0.256 e. The van der Waals surface area contributed by atoms with E-state index in [1.807, 2.05) is 0 Å². The second-order valence-electron chi connectivity index (χ2n) is 4.65. The Kier molecular flexibility index (Phi) is 3.76. The van der Waals surface area contributed by atoms with Gasteiger partial charge in [-0.25, -0.2) is 15.2 Å². The molecule has 0 unspecified atom stereocenters. The Labute approximate surface area is 105 Å². The molecule has 18 heavy (non-hydrogen) atoms. The van der Waals surface area contributed by atoms with E-state index in [1.165, 1.54) is 18.7 Å². The fourth-order valence-corrected chi connectivity index (χ4v) is 2.06. The molecule has 0 atom stereocenters. The van der Waals surface area contributed by atoms with Gasteiger partial charge in [0.15, 0.2) is 11.6 Å². The highest BCUT2D eigenvalue weighted by Gasteiger charge is 2.24. The molecular formula is C12H17FN4O. The van der Waals surface area contributed by atoms with Crippen LogP contribution in [0.25, 0.3) is 0 Å². The molecule has 1 aromatic heterocycles. The maximum absolute atomic E-state index is 13.9. The van der Waals surface area contributed by atoms with Crippen LogP contribution in [0.5, 0.6) is 0 Å². The number of aromatic nitrogens is 1. The van der Waals surface area contributed by atoms with Crippen molar-refractivity contribution >= 4 is 11.7 Å². The molecule has 5 nitrogen and oxygen atoms in total. The van der Waals surface area contributed by atoms with E-state index in [9.17, 15) is 9.18 Å². The van der Waals surface area contributed by atoms with E-state index in [-0.39, 0.29) is 17.3 Å². The van der Waals surface area contributed by atoms with E-state index in [4.69, 9.17) is 5.84 Å². The SMILES string of the molecule is CN(CC1CCC1)C(=O)c1ccnc(NN)c1F. The number of rotatable bonds is 4. The van der Waals surface area contributed by atoms with Crippen molar-refractivity contribution in [2.24, 2.45) is 11.8 Å². The Hall–Kier alpha value is -1.69. The molecule has 0 bridgehead atoms. The molecule has 1 saturated carbocycles. The minimum absolute atomic E-state index is 0.000210. The first-order chi connectivity index (χ1) is 8.63. The molecule has 1 amide bonds. The van der Waals surface area contributed by atoms with Gasteiger partial charge in [-0.1, -0.05) is 6.42 Å². The van der Waals surface area contributed by atoms with Crippen molar-refractivity contribution < 1.29 is 9.18 Å². The van der Waals surface area contributed by atoms with Gasteiger partial charge in [0, 0.05) is 19.8 Å². The summed E-state index contributed by atoms with van der Waals surface area (Å²) in [5, 5.41) is 0. The molecule has 98 valence electrons. The van der Waals surface area contributed by atoms with Crippen molar-refractivity contribution in [1.29, 1.82) is 0 Å². The van der Waals surface area contributed by atoms with Gasteiger partial charge in [-0.3, -0.25) is 4.79 Å². The van der Waals surface area contributed by atoms with Crippen LogP contribution in [0.15, 0.2) is 12.3 Å². The van der Waals surface area contributed by atoms with Gasteiger partial charge < -0.3 is 10.3 Å². The monoisotopic (exact) mass is 252 g/mol. The van der Waals surface area contributed by atoms with Gasteiger partial charge in [0.1, 0.15) is 0 Å². The van der Waals surface area contributed by atoms with E-state index in [2.05, 4.69) is 10.4 Å². The number of hydrogen-bond donors (Lipinski definition) is 2. The summed E-state index contributed by atoms with van der Waals surface area (Å²) in [6.45, 7) is 0.673. The summed E-state index contributed by atoms with van der Waals surface area (Å²) in [4.78, 5) is 17.4. The van der Waals surface area contributed by atoms with Gasteiger partial charge in [-0.15, -0.1) is 0 Å². The fraction of sp³-hybridized carbons (Fsp3) is 0.500. The topological polar surface area (TPSA) is 71.2 Å². The molecule has 1 aliphatic carbocycles. The van der Waals surface area contributed by atoms with E-state index < -0.39 is 5.82 Å². The number of hydrazine groups is 1. The predicted octanol–water partition coefficient (Wildman–Crippen LogP) is 1.38. The number of nitrogens with one attached hydrogen (secondary N) is 1. The highest BCUT2D eigenvalue weighted by molar-refractivity contribution is 5.95. The summed E-state index contributed by atoms with van der Waals surface area (Å²) < 4.78 is 13.9. The summed E-state index contributed by atoms with van der Waals surface area (Å²) in [5.74, 6) is 4.53. The largest absolute Gasteiger partial charge is 0.341 e. The Morgan fingerprint density at radius 3 is 2.94 bits per heavy atom. The third kappa shape index (κ3) is 2.43. The van der Waals surface area contributed by atoms with Crippen LogP contribution in [0.2, 0.25) is 0 Å². The zero-order valence-electron chi connectivity index (χ0n) is 10.3. The summed E-state index contributed by atoms with van der Waals surface area (Å²) >= 11 is 0. The van der Waals surface area contributed by atoms with Crippen LogP contribution in [-0.2, 0) is 0 Å². The molecule has 3 N–H and O–H groups in total. The lowest BCUT2D eigenvalue weighted by Crippen LogP contribution is -2.34. The summed E-state index contributed by atoms with van der Waals surface area (Å²) in [7, 11) is 1.69. The third-order valence-electron chi connectivity index (χ3n) is 3.36. The van der Waals surface area contributed by atoms with Crippen molar-refractivity contribution in [2.45, 2.75) is 19.3 Å². The number of halogens is 1. The van der Waals surface area contributed by atoms with Gasteiger partial charge in [-0.2, -0.15) is 0 Å². The van der Waals surface area contributed by atoms with Crippen molar-refractivity contribution in [3.8, 4) is 0 Å². The lowest BCUT2D eigenvalue weighted by molar-refractivity contribution is 0.0740. The highest BCUT2D eigenvalue weighted by Crippen LogP contribution is 2.27. The van der Waals surface area contributed by atoms with E-state index in [0.29, 0.717) is 12.5 Å². The van der Waals surface area contributed by atoms with Crippen LogP contribution in [0.1, 0.15) is 29.6 Å². The number of carbonyl (C=O) groups is 1. The second-order valence-corrected chi connectivity index (χ2v) is 4.65. The van der Waals surface area contributed by atoms with Crippen molar-refractivity contribution in [2.75, 3.05) is 19.0 Å². The van der Waals surface area contributed by atoms with Crippen LogP contribution in [0.4, 0.5) is 10.2 Å². The molecule has 1 heterocycles. The average molecular weight is 252 g/mol. The van der Waals surface area contributed by atoms with E-state index in [1.54, 1.807) is 11.9 Å². The van der Waals surface area contributed by atoms with Gasteiger partial charge in [0.25, 0.3) is 5.91 Å². The summed E-state index contributed by atoms with van der Waals surface area (Å²) in [5.41, 5.74) is 2.14. The molecule has 6 heteroatoms. The number of amides is 1. The zero-order valence-corrected chi connectivity index (χ0v) is 10.3. The van der Waals surface area contributed by atoms with Crippen LogP contribution in [-0.4, -0.2) is 29.4 Å². The van der Waals surface area contributed by atoms with Gasteiger partial charge >= 0.3 is 0 Å². The maximum atomic E-state index is 13.9. The van der Waals surface area contributed by atoms with E-state index >= 15 is 0 Å². The van der Waals surface area contributed by atoms with Gasteiger partial charge in [-0.05, 0) is 24.8 Å². The Morgan fingerprint density at radius 1 is 1.67 bits per heavy atom. The third-order valence-corrected chi connectivity index (χ3v) is 3.36. The Balaban J connectivity index is 2.11. The first kappa shape index (κ1) is 12.8. The first-order valence-electron chi connectivity index (χ1n) is 6.00. The molecule has 0 radical (unpaired) electrons. The van der Waals surface area contributed by atoms with Gasteiger partial charge in [0.2, 0.25) is 0 Å². The standard InChI is InChI=1S/C12H17FN4O/c1-17(7-8-3-2-4-8)12(18)9-5-6-15-11(16-14)10(9)13/h5-6,8H,2-4,7,14H2,1H3,(H,15,16). The number of nitrogens with two attached hydrogens (primary N) is 1. The fourth-order valence-electron chi connectivity index (χ4n) is 2.06. The number of nitrogens with zero attached hydrogens (tertiary/aromatic N) is 2. The number of anilines is 1. The molecule has 0 saturated heterocycles. The maximum Gasteiger partial charge on any atom is 0.256 e. The lowest BCUT2D eigenvalue weighted by atomic mass is 9.85. The molecule has 2 rings (SSSR count). The Bertz CT molecular complexity index is 448. The molecule has 0 aromatic carbocycles. The minimum Gasteiger partial charge on any atom is -0.341 e. The summed E-state index contributed by atoms with van der Waals surface area (Å²) in [6.07, 6.45) is 4.87. The zero-order chi connectivity index (χ0) is 13.1. The molecule has 1 aliphatic rings. The minimum atomic E-state index is -0.703. The Morgan fingerprint density at radius 2 is 2.39 bits per heavy atom. The highest BCUT2D eigenvalue weighted by atomic mass is 19.1. The second kappa shape index (κ2) is 5.30. The molecule has 0 spiro atoms. The van der Waals surface area contributed by atoms with Gasteiger partial charge in [0.05, 0.1) is 5.56 Å². The first-order valence-corrected chi connectivity index (χ1v) is 6.00.